The van der Waals surface area contributed by atoms with Gasteiger partial charge in [-0.3, -0.25) is 10.1 Å². The summed E-state index contributed by atoms with van der Waals surface area (Å²) in [6.07, 6.45) is 1.63. The lowest BCUT2D eigenvalue weighted by Crippen LogP contribution is -2.28. The summed E-state index contributed by atoms with van der Waals surface area (Å²) in [6, 6.07) is 2.93. The predicted molar refractivity (Wildman–Crippen MR) is 70.6 cm³/mol. The van der Waals surface area contributed by atoms with Crippen molar-refractivity contribution in [3.05, 3.63) is 32.3 Å². The summed E-state index contributed by atoms with van der Waals surface area (Å²) in [6.45, 7) is 1.32. The first-order valence-corrected chi connectivity index (χ1v) is 6.31. The molecule has 1 heterocycles. The molecule has 98 valence electrons. The lowest BCUT2D eigenvalue weighted by Gasteiger charge is -2.24. The number of nitrogens with zero attached hydrogens (tertiary/aromatic N) is 1. The van der Waals surface area contributed by atoms with Crippen molar-refractivity contribution < 1.29 is 9.66 Å². The topological polar surface area (TPSA) is 64.4 Å². The fraction of sp³-hybridized carbons (Fsp3) is 0.455. The normalized spacial score (nSPS) is 16.6. The van der Waals surface area contributed by atoms with Crippen molar-refractivity contribution in [2.45, 2.75) is 18.9 Å². The minimum atomic E-state index is -0.468. The summed E-state index contributed by atoms with van der Waals surface area (Å²) in [5.41, 5.74) is 0.345. The van der Waals surface area contributed by atoms with Gasteiger partial charge in [0.05, 0.1) is 15.0 Å². The minimum Gasteiger partial charge on any atom is -0.381 e. The standard InChI is InChI=1S/C11H12Cl2N2O3/c12-8-5-10(11(15(16)17)6-9(8)13)14-7-1-3-18-4-2-7/h5-7,14H,1-4H2. The molecule has 18 heavy (non-hydrogen) atoms. The maximum Gasteiger partial charge on any atom is 0.293 e. The van der Waals surface area contributed by atoms with Gasteiger partial charge in [0, 0.05) is 25.3 Å². The Labute approximate surface area is 114 Å². The second kappa shape index (κ2) is 5.73. The number of anilines is 1. The van der Waals surface area contributed by atoms with E-state index in [1.807, 2.05) is 0 Å². The molecule has 1 N–H and O–H groups in total. The molecule has 1 aliphatic heterocycles. The van der Waals surface area contributed by atoms with E-state index >= 15 is 0 Å². The number of benzene rings is 1. The van der Waals surface area contributed by atoms with Crippen LogP contribution in [0.25, 0.3) is 0 Å². The van der Waals surface area contributed by atoms with E-state index in [0.717, 1.165) is 12.8 Å². The fourth-order valence-corrected chi connectivity index (χ4v) is 2.19. The Balaban J connectivity index is 2.24. The van der Waals surface area contributed by atoms with Crippen LogP contribution in [0.5, 0.6) is 0 Å². The first kappa shape index (κ1) is 13.4. The van der Waals surface area contributed by atoms with E-state index in [4.69, 9.17) is 27.9 Å². The molecule has 0 radical (unpaired) electrons. The van der Waals surface area contributed by atoms with Gasteiger partial charge in [-0.1, -0.05) is 23.2 Å². The molecule has 1 aliphatic rings. The Morgan fingerprint density at radius 3 is 2.50 bits per heavy atom. The van der Waals surface area contributed by atoms with Crippen molar-refractivity contribution >= 4 is 34.6 Å². The predicted octanol–water partition coefficient (Wildman–Crippen LogP) is 3.49. The van der Waals surface area contributed by atoms with Crippen molar-refractivity contribution in [1.82, 2.24) is 0 Å². The summed E-state index contributed by atoms with van der Waals surface area (Å²) < 4.78 is 5.24. The molecule has 0 saturated carbocycles. The molecule has 0 aromatic heterocycles. The van der Waals surface area contributed by atoms with Crippen LogP contribution in [0.15, 0.2) is 12.1 Å². The zero-order valence-corrected chi connectivity index (χ0v) is 11.0. The van der Waals surface area contributed by atoms with Gasteiger partial charge in [0.15, 0.2) is 0 Å². The smallest absolute Gasteiger partial charge is 0.293 e. The van der Waals surface area contributed by atoms with Crippen LogP contribution in [0, 0.1) is 10.1 Å². The number of nitro groups is 1. The van der Waals surface area contributed by atoms with Gasteiger partial charge in [0.25, 0.3) is 5.69 Å². The fourth-order valence-electron chi connectivity index (χ4n) is 1.86. The Bertz CT molecular complexity index is 462. The lowest BCUT2D eigenvalue weighted by atomic mass is 10.1. The Hall–Kier alpha value is -1.04. The van der Waals surface area contributed by atoms with Crippen LogP contribution in [-0.2, 0) is 4.74 Å². The molecule has 0 aliphatic carbocycles. The lowest BCUT2D eigenvalue weighted by molar-refractivity contribution is -0.384. The van der Waals surface area contributed by atoms with E-state index in [9.17, 15) is 10.1 Å². The SMILES string of the molecule is O=[N+]([O-])c1cc(Cl)c(Cl)cc1NC1CCOCC1. The van der Waals surface area contributed by atoms with E-state index in [-0.39, 0.29) is 16.8 Å². The summed E-state index contributed by atoms with van der Waals surface area (Å²) in [5.74, 6) is 0. The number of nitro benzene ring substituents is 1. The first-order valence-electron chi connectivity index (χ1n) is 5.55. The van der Waals surface area contributed by atoms with Crippen LogP contribution in [-0.4, -0.2) is 24.2 Å². The highest BCUT2D eigenvalue weighted by atomic mass is 35.5. The summed E-state index contributed by atoms with van der Waals surface area (Å²) in [4.78, 5) is 10.5. The molecule has 1 aromatic carbocycles. The highest BCUT2D eigenvalue weighted by Crippen LogP contribution is 2.34. The van der Waals surface area contributed by atoms with Crippen molar-refractivity contribution in [3.63, 3.8) is 0 Å². The zero-order valence-electron chi connectivity index (χ0n) is 9.49. The van der Waals surface area contributed by atoms with Gasteiger partial charge in [-0.25, -0.2) is 0 Å². The highest BCUT2D eigenvalue weighted by molar-refractivity contribution is 6.42. The van der Waals surface area contributed by atoms with Gasteiger partial charge >= 0.3 is 0 Å². The van der Waals surface area contributed by atoms with Crippen LogP contribution in [0.4, 0.5) is 11.4 Å². The van der Waals surface area contributed by atoms with Gasteiger partial charge in [-0.05, 0) is 18.9 Å². The molecule has 0 bridgehead atoms. The molecule has 0 unspecified atom stereocenters. The summed E-state index contributed by atoms with van der Waals surface area (Å²) in [5, 5.41) is 14.6. The molecule has 0 amide bonds. The van der Waals surface area contributed by atoms with Gasteiger partial charge in [-0.2, -0.15) is 0 Å². The van der Waals surface area contributed by atoms with Crippen molar-refractivity contribution in [2.24, 2.45) is 0 Å². The Morgan fingerprint density at radius 1 is 1.28 bits per heavy atom. The second-order valence-corrected chi connectivity index (χ2v) is 4.89. The Kier molecular flexibility index (Phi) is 4.27. The molecule has 2 rings (SSSR count). The van der Waals surface area contributed by atoms with Crippen LogP contribution in [0.1, 0.15) is 12.8 Å². The third kappa shape index (κ3) is 3.04. The number of halogens is 2. The molecule has 0 spiro atoms. The molecule has 7 heteroatoms. The van der Waals surface area contributed by atoms with Crippen LogP contribution < -0.4 is 5.32 Å². The number of nitrogens with one attached hydrogen (secondary N) is 1. The minimum absolute atomic E-state index is 0.0594. The van der Waals surface area contributed by atoms with Crippen molar-refractivity contribution in [3.8, 4) is 0 Å². The maximum atomic E-state index is 11.0. The van der Waals surface area contributed by atoms with Gasteiger partial charge in [0.2, 0.25) is 0 Å². The third-order valence-corrected chi connectivity index (χ3v) is 3.54. The maximum absolute atomic E-state index is 11.0. The van der Waals surface area contributed by atoms with Gasteiger partial charge in [0.1, 0.15) is 5.69 Å². The molecule has 1 saturated heterocycles. The van der Waals surface area contributed by atoms with E-state index in [1.54, 1.807) is 0 Å². The highest BCUT2D eigenvalue weighted by Gasteiger charge is 2.21. The van der Waals surface area contributed by atoms with E-state index in [2.05, 4.69) is 5.32 Å². The third-order valence-electron chi connectivity index (χ3n) is 2.82. The van der Waals surface area contributed by atoms with Crippen molar-refractivity contribution in [2.75, 3.05) is 18.5 Å². The van der Waals surface area contributed by atoms with E-state index in [0.29, 0.717) is 23.9 Å². The number of hydrogen-bond acceptors (Lipinski definition) is 4. The van der Waals surface area contributed by atoms with Crippen LogP contribution in [0.3, 0.4) is 0 Å². The van der Waals surface area contributed by atoms with Crippen molar-refractivity contribution in [1.29, 1.82) is 0 Å². The van der Waals surface area contributed by atoms with E-state index in [1.165, 1.54) is 12.1 Å². The molecular weight excluding hydrogens is 279 g/mol. The zero-order chi connectivity index (χ0) is 13.1. The number of rotatable bonds is 3. The van der Waals surface area contributed by atoms with Crippen LogP contribution in [0.2, 0.25) is 10.0 Å². The molecule has 1 aromatic rings. The molecular formula is C11H12Cl2N2O3. The Morgan fingerprint density at radius 2 is 1.89 bits per heavy atom. The second-order valence-electron chi connectivity index (χ2n) is 4.07. The summed E-state index contributed by atoms with van der Waals surface area (Å²) >= 11 is 11.7. The molecule has 0 atom stereocenters. The van der Waals surface area contributed by atoms with Gasteiger partial charge < -0.3 is 10.1 Å². The van der Waals surface area contributed by atoms with Crippen LogP contribution >= 0.6 is 23.2 Å². The number of hydrogen-bond donors (Lipinski definition) is 1. The quantitative estimate of drug-likeness (QED) is 0.684. The first-order chi connectivity index (χ1) is 8.58. The average Bonchev–Trinajstić information content (AvgIpc) is 2.34. The number of ether oxygens (including phenoxy) is 1. The average molecular weight is 291 g/mol. The monoisotopic (exact) mass is 290 g/mol. The molecule has 5 nitrogen and oxygen atoms in total. The summed E-state index contributed by atoms with van der Waals surface area (Å²) in [7, 11) is 0. The largest absolute Gasteiger partial charge is 0.381 e. The van der Waals surface area contributed by atoms with E-state index < -0.39 is 4.92 Å². The van der Waals surface area contributed by atoms with Gasteiger partial charge in [-0.15, -0.1) is 0 Å². The molecule has 1 fully saturated rings.